The summed E-state index contributed by atoms with van der Waals surface area (Å²) in [5, 5.41) is 13.4. The van der Waals surface area contributed by atoms with Gasteiger partial charge in [0.1, 0.15) is 0 Å². The van der Waals surface area contributed by atoms with E-state index >= 15 is 0 Å². The third kappa shape index (κ3) is 2.56. The summed E-state index contributed by atoms with van der Waals surface area (Å²) in [6.07, 6.45) is 5.06. The predicted octanol–water partition coefficient (Wildman–Crippen LogP) is 1.94. The monoisotopic (exact) mass is 231 g/mol. The van der Waals surface area contributed by atoms with Gasteiger partial charge in [-0.15, -0.1) is 0 Å². The summed E-state index contributed by atoms with van der Waals surface area (Å²) in [6.45, 7) is 1.47. The average molecular weight is 231 g/mol. The molecule has 2 N–H and O–H groups in total. The molecule has 1 aliphatic carbocycles. The molecule has 0 aliphatic heterocycles. The SMILES string of the molecule is CC(=O)NC(c1ccccc1)C1(O)CC=CC1. The molecule has 90 valence electrons. The highest BCUT2D eigenvalue weighted by atomic mass is 16.3. The lowest BCUT2D eigenvalue weighted by Gasteiger charge is -2.33. The second-order valence-electron chi connectivity index (χ2n) is 4.53. The number of carbonyl (C=O) groups is 1. The standard InChI is InChI=1S/C14H17NO2/c1-11(16)15-13(12-7-3-2-4-8-12)14(17)9-5-6-10-14/h2-8,13,17H,9-10H2,1H3,(H,15,16). The number of hydrogen-bond acceptors (Lipinski definition) is 2. The van der Waals surface area contributed by atoms with Gasteiger partial charge < -0.3 is 10.4 Å². The zero-order valence-corrected chi connectivity index (χ0v) is 9.89. The Morgan fingerprint density at radius 3 is 2.41 bits per heavy atom. The molecule has 1 amide bonds. The lowest BCUT2D eigenvalue weighted by atomic mass is 9.86. The van der Waals surface area contributed by atoms with Crippen LogP contribution >= 0.6 is 0 Å². The molecule has 1 aromatic carbocycles. The molecule has 1 aliphatic rings. The third-order valence-electron chi connectivity index (χ3n) is 3.13. The van der Waals surface area contributed by atoms with Crippen molar-refractivity contribution in [1.82, 2.24) is 5.32 Å². The zero-order valence-electron chi connectivity index (χ0n) is 9.89. The first kappa shape index (κ1) is 11.9. The van der Waals surface area contributed by atoms with E-state index in [1.807, 2.05) is 42.5 Å². The van der Waals surface area contributed by atoms with Crippen LogP contribution in [0.4, 0.5) is 0 Å². The molecule has 2 rings (SSSR count). The van der Waals surface area contributed by atoms with Crippen molar-refractivity contribution in [3.8, 4) is 0 Å². The van der Waals surface area contributed by atoms with E-state index in [2.05, 4.69) is 5.32 Å². The maximum atomic E-state index is 11.3. The summed E-state index contributed by atoms with van der Waals surface area (Å²) < 4.78 is 0. The largest absolute Gasteiger partial charge is 0.387 e. The Labute approximate surface area is 101 Å². The molecule has 1 aromatic rings. The van der Waals surface area contributed by atoms with Crippen LogP contribution in [-0.2, 0) is 4.79 Å². The van der Waals surface area contributed by atoms with Crippen molar-refractivity contribution in [3.63, 3.8) is 0 Å². The minimum Gasteiger partial charge on any atom is -0.387 e. The van der Waals surface area contributed by atoms with Gasteiger partial charge in [0.05, 0.1) is 11.6 Å². The number of benzene rings is 1. The fourth-order valence-corrected chi connectivity index (χ4v) is 2.27. The summed E-state index contributed by atoms with van der Waals surface area (Å²) in [6, 6.07) is 9.25. The molecule has 0 radical (unpaired) electrons. The molecule has 0 aromatic heterocycles. The van der Waals surface area contributed by atoms with Crippen LogP contribution in [0.1, 0.15) is 31.4 Å². The van der Waals surface area contributed by atoms with Gasteiger partial charge in [-0.05, 0) is 18.4 Å². The molecule has 0 fully saturated rings. The fraction of sp³-hybridized carbons (Fsp3) is 0.357. The first-order valence-electron chi connectivity index (χ1n) is 5.81. The van der Waals surface area contributed by atoms with E-state index in [1.165, 1.54) is 6.92 Å². The van der Waals surface area contributed by atoms with Gasteiger partial charge in [0.25, 0.3) is 0 Å². The quantitative estimate of drug-likeness (QED) is 0.781. The van der Waals surface area contributed by atoms with Crippen molar-refractivity contribution in [2.45, 2.75) is 31.4 Å². The molecule has 0 spiro atoms. The molecule has 1 atom stereocenters. The zero-order chi connectivity index (χ0) is 12.3. The Bertz CT molecular complexity index is 417. The summed E-state index contributed by atoms with van der Waals surface area (Å²) >= 11 is 0. The number of carbonyl (C=O) groups excluding carboxylic acids is 1. The molecular formula is C14H17NO2. The van der Waals surface area contributed by atoms with Gasteiger partial charge in [-0.25, -0.2) is 0 Å². The predicted molar refractivity (Wildman–Crippen MR) is 66.3 cm³/mol. The fourth-order valence-electron chi connectivity index (χ4n) is 2.27. The van der Waals surface area contributed by atoms with Crippen LogP contribution in [0.15, 0.2) is 42.5 Å². The minimum atomic E-state index is -0.896. The average Bonchev–Trinajstić information content (AvgIpc) is 2.75. The summed E-state index contributed by atoms with van der Waals surface area (Å²) in [5.74, 6) is -0.126. The van der Waals surface area contributed by atoms with Crippen molar-refractivity contribution in [3.05, 3.63) is 48.0 Å². The van der Waals surface area contributed by atoms with E-state index in [1.54, 1.807) is 0 Å². The summed E-state index contributed by atoms with van der Waals surface area (Å²) in [4.78, 5) is 11.3. The molecule has 0 saturated heterocycles. The Balaban J connectivity index is 2.28. The van der Waals surface area contributed by atoms with Crippen LogP contribution in [0.5, 0.6) is 0 Å². The van der Waals surface area contributed by atoms with Crippen molar-refractivity contribution >= 4 is 5.91 Å². The highest BCUT2D eigenvalue weighted by molar-refractivity contribution is 5.73. The van der Waals surface area contributed by atoms with Crippen LogP contribution in [0.3, 0.4) is 0 Å². The van der Waals surface area contributed by atoms with Gasteiger partial charge in [-0.3, -0.25) is 4.79 Å². The summed E-state index contributed by atoms with van der Waals surface area (Å²) in [5.41, 5.74) is 0.0430. The van der Waals surface area contributed by atoms with Crippen molar-refractivity contribution in [2.24, 2.45) is 0 Å². The van der Waals surface area contributed by atoms with E-state index in [4.69, 9.17) is 0 Å². The van der Waals surface area contributed by atoms with Gasteiger partial charge in [0, 0.05) is 6.92 Å². The number of hydrogen-bond donors (Lipinski definition) is 2. The lowest BCUT2D eigenvalue weighted by molar-refractivity contribution is -0.122. The van der Waals surface area contributed by atoms with E-state index in [9.17, 15) is 9.90 Å². The van der Waals surface area contributed by atoms with E-state index in [-0.39, 0.29) is 11.9 Å². The third-order valence-corrected chi connectivity index (χ3v) is 3.13. The first-order valence-corrected chi connectivity index (χ1v) is 5.81. The maximum Gasteiger partial charge on any atom is 0.217 e. The molecule has 1 unspecified atom stereocenters. The number of rotatable bonds is 3. The van der Waals surface area contributed by atoms with Gasteiger partial charge >= 0.3 is 0 Å². The Morgan fingerprint density at radius 2 is 1.88 bits per heavy atom. The van der Waals surface area contributed by atoms with Crippen molar-refractivity contribution < 1.29 is 9.90 Å². The van der Waals surface area contributed by atoms with Gasteiger partial charge in [0.15, 0.2) is 0 Å². The molecular weight excluding hydrogens is 214 g/mol. The minimum absolute atomic E-state index is 0.126. The van der Waals surface area contributed by atoms with Crippen LogP contribution in [-0.4, -0.2) is 16.6 Å². The Hall–Kier alpha value is -1.61. The van der Waals surface area contributed by atoms with Crippen LogP contribution < -0.4 is 5.32 Å². The molecule has 0 saturated carbocycles. The van der Waals surface area contributed by atoms with Crippen molar-refractivity contribution in [2.75, 3.05) is 0 Å². The number of nitrogens with one attached hydrogen (secondary N) is 1. The molecule has 0 heterocycles. The topological polar surface area (TPSA) is 49.3 Å². The molecule has 3 heteroatoms. The van der Waals surface area contributed by atoms with Crippen LogP contribution in [0, 0.1) is 0 Å². The van der Waals surface area contributed by atoms with Crippen molar-refractivity contribution in [1.29, 1.82) is 0 Å². The first-order chi connectivity index (χ1) is 8.12. The van der Waals surface area contributed by atoms with Gasteiger partial charge in [-0.2, -0.15) is 0 Å². The van der Waals surface area contributed by atoms with E-state index in [0.29, 0.717) is 12.8 Å². The van der Waals surface area contributed by atoms with Gasteiger partial charge in [0.2, 0.25) is 5.91 Å². The van der Waals surface area contributed by atoms with Crippen LogP contribution in [0.25, 0.3) is 0 Å². The van der Waals surface area contributed by atoms with Crippen LogP contribution in [0.2, 0.25) is 0 Å². The Morgan fingerprint density at radius 1 is 1.29 bits per heavy atom. The van der Waals surface area contributed by atoms with E-state index < -0.39 is 5.60 Å². The normalized spacial score (nSPS) is 18.9. The maximum absolute atomic E-state index is 11.3. The number of amides is 1. The summed E-state index contributed by atoms with van der Waals surface area (Å²) in [7, 11) is 0. The molecule has 17 heavy (non-hydrogen) atoms. The molecule has 0 bridgehead atoms. The van der Waals surface area contributed by atoms with Gasteiger partial charge in [-0.1, -0.05) is 42.5 Å². The lowest BCUT2D eigenvalue weighted by Crippen LogP contribution is -2.43. The molecule has 3 nitrogen and oxygen atoms in total. The second kappa shape index (κ2) is 4.72. The second-order valence-corrected chi connectivity index (χ2v) is 4.53. The smallest absolute Gasteiger partial charge is 0.217 e. The Kier molecular flexibility index (Phi) is 3.29. The highest BCUT2D eigenvalue weighted by Crippen LogP contribution is 2.36. The number of aliphatic hydroxyl groups is 1. The van der Waals surface area contributed by atoms with E-state index in [0.717, 1.165) is 5.56 Å². The highest BCUT2D eigenvalue weighted by Gasteiger charge is 2.38.